The average molecular weight is 391 g/mol. The molecular formula is C21H42O4S. The zero-order valence-corrected chi connectivity index (χ0v) is 17.7. The number of hydrogen-bond donors (Lipinski definition) is 2. The summed E-state index contributed by atoms with van der Waals surface area (Å²) in [6, 6.07) is 0. The number of carbonyl (C=O) groups is 2. The predicted molar refractivity (Wildman–Crippen MR) is 113 cm³/mol. The molecule has 156 valence electrons. The summed E-state index contributed by atoms with van der Waals surface area (Å²) in [6.45, 7) is 2.26. The van der Waals surface area contributed by atoms with Crippen LogP contribution in [0.3, 0.4) is 0 Å². The Morgan fingerprint density at radius 3 is 1.38 bits per heavy atom. The Morgan fingerprint density at radius 1 is 0.692 bits per heavy atom. The third-order valence-electron chi connectivity index (χ3n) is 4.83. The van der Waals surface area contributed by atoms with Gasteiger partial charge in [0.15, 0.2) is 6.29 Å². The molecule has 0 heterocycles. The molecule has 0 aromatic carbocycles. The van der Waals surface area contributed by atoms with E-state index in [-0.39, 0.29) is 12.0 Å². The van der Waals surface area contributed by atoms with Gasteiger partial charge in [0, 0.05) is 5.75 Å². The first-order chi connectivity index (χ1) is 12.5. The van der Waals surface area contributed by atoms with Gasteiger partial charge in [-0.1, -0.05) is 103 Å². The van der Waals surface area contributed by atoms with Gasteiger partial charge in [0.25, 0.3) is 0 Å². The zero-order valence-electron chi connectivity index (χ0n) is 16.9. The second-order valence-corrected chi connectivity index (χ2v) is 9.84. The van der Waals surface area contributed by atoms with Crippen molar-refractivity contribution in [3.05, 3.63) is 0 Å². The van der Waals surface area contributed by atoms with E-state index < -0.39 is 22.1 Å². The van der Waals surface area contributed by atoms with Crippen LogP contribution < -0.4 is 0 Å². The summed E-state index contributed by atoms with van der Waals surface area (Å²) in [4.78, 5) is 21.2. The largest absolute Gasteiger partial charge is 0.299 e. The highest BCUT2D eigenvalue weighted by Gasteiger charge is 2.16. The number of Topliss-reactive ketones (excluding diaryl/α,β-unsaturated/α-hetero) is 1. The van der Waals surface area contributed by atoms with Gasteiger partial charge < -0.3 is 0 Å². The Kier molecular flexibility index (Phi) is 17.7. The molecule has 0 amide bonds. The lowest BCUT2D eigenvalue weighted by Gasteiger charge is -2.30. The molecule has 26 heavy (non-hydrogen) atoms. The maximum absolute atomic E-state index is 10.9. The minimum absolute atomic E-state index is 0.168. The maximum Gasteiger partial charge on any atom is 0.214 e. The Bertz CT molecular complexity index is 345. The molecule has 4 nitrogen and oxygen atoms in total. The van der Waals surface area contributed by atoms with Crippen molar-refractivity contribution in [2.24, 2.45) is 0 Å². The van der Waals surface area contributed by atoms with Crippen LogP contribution in [0.25, 0.3) is 0 Å². The highest BCUT2D eigenvalue weighted by molar-refractivity contribution is 8.24. The second-order valence-electron chi connectivity index (χ2n) is 7.54. The molecule has 0 saturated carbocycles. The molecule has 0 unspecified atom stereocenters. The number of carbonyl (C=O) groups excluding carboxylic acids is 2. The van der Waals surface area contributed by atoms with Crippen molar-refractivity contribution in [3.8, 4) is 0 Å². The van der Waals surface area contributed by atoms with Gasteiger partial charge in [-0.05, 0) is 6.42 Å². The number of rotatable bonds is 20. The lowest BCUT2D eigenvalue weighted by atomic mass is 10.0. The van der Waals surface area contributed by atoms with Gasteiger partial charge in [-0.25, -0.2) is 0 Å². The minimum Gasteiger partial charge on any atom is -0.299 e. The van der Waals surface area contributed by atoms with E-state index in [1.165, 1.54) is 83.5 Å². The summed E-state index contributed by atoms with van der Waals surface area (Å²) in [5.41, 5.74) is 0. The standard InChI is InChI=1S/C21H42O4S/c1-2-3-4-5-6-7-8-9-10-11-12-13-14-15-16-17-18-26(24,25)20-21(23)19-22/h19,24-25H,2-18,20H2,1H3. The molecule has 0 atom stereocenters. The van der Waals surface area contributed by atoms with Gasteiger partial charge in [-0.15, -0.1) is 0 Å². The van der Waals surface area contributed by atoms with Gasteiger partial charge in [0.2, 0.25) is 5.78 Å². The molecule has 0 rings (SSSR count). The van der Waals surface area contributed by atoms with Crippen molar-refractivity contribution < 1.29 is 18.7 Å². The molecule has 0 radical (unpaired) electrons. The van der Waals surface area contributed by atoms with Gasteiger partial charge >= 0.3 is 0 Å². The molecule has 0 fully saturated rings. The van der Waals surface area contributed by atoms with E-state index in [1.54, 1.807) is 0 Å². The first-order valence-corrected chi connectivity index (χ1v) is 12.6. The maximum atomic E-state index is 10.9. The third kappa shape index (κ3) is 18.4. The van der Waals surface area contributed by atoms with Crippen LogP contribution in [0.2, 0.25) is 0 Å². The summed E-state index contributed by atoms with van der Waals surface area (Å²) in [6.07, 6.45) is 20.5. The van der Waals surface area contributed by atoms with Crippen LogP contribution >= 0.6 is 10.6 Å². The van der Waals surface area contributed by atoms with Crippen molar-refractivity contribution in [1.82, 2.24) is 0 Å². The highest BCUT2D eigenvalue weighted by Crippen LogP contribution is 2.39. The normalized spacial score (nSPS) is 12.3. The summed E-state index contributed by atoms with van der Waals surface area (Å²) in [5.74, 6) is -0.887. The fourth-order valence-electron chi connectivity index (χ4n) is 3.22. The number of ketones is 1. The lowest BCUT2D eigenvalue weighted by molar-refractivity contribution is -0.128. The molecule has 0 spiro atoms. The minimum atomic E-state index is -2.89. The Morgan fingerprint density at radius 2 is 1.04 bits per heavy atom. The van der Waals surface area contributed by atoms with E-state index >= 15 is 0 Å². The monoisotopic (exact) mass is 390 g/mol. The number of aldehydes is 1. The fourth-order valence-corrected chi connectivity index (χ4v) is 4.55. The Hall–Kier alpha value is -0.390. The number of hydrogen-bond acceptors (Lipinski definition) is 4. The molecule has 0 aliphatic carbocycles. The molecular weight excluding hydrogens is 348 g/mol. The topological polar surface area (TPSA) is 74.6 Å². The van der Waals surface area contributed by atoms with E-state index in [4.69, 9.17) is 0 Å². The van der Waals surface area contributed by atoms with Gasteiger partial charge in [-0.3, -0.25) is 18.7 Å². The van der Waals surface area contributed by atoms with Crippen LogP contribution in [-0.4, -0.2) is 32.7 Å². The Labute approximate surface area is 162 Å². The van der Waals surface area contributed by atoms with E-state index in [9.17, 15) is 18.7 Å². The first kappa shape index (κ1) is 25.6. The lowest BCUT2D eigenvalue weighted by Crippen LogP contribution is -2.16. The smallest absolute Gasteiger partial charge is 0.214 e. The highest BCUT2D eigenvalue weighted by atomic mass is 32.3. The van der Waals surface area contributed by atoms with Crippen molar-refractivity contribution >= 4 is 22.7 Å². The Balaban J connectivity index is 3.24. The fraction of sp³-hybridized carbons (Fsp3) is 0.905. The quantitative estimate of drug-likeness (QED) is 0.137. The molecule has 0 aromatic rings. The molecule has 0 aliphatic heterocycles. The van der Waals surface area contributed by atoms with E-state index in [1.807, 2.05) is 0 Å². The van der Waals surface area contributed by atoms with E-state index in [0.717, 1.165) is 12.8 Å². The van der Waals surface area contributed by atoms with Gasteiger partial charge in [-0.2, -0.15) is 10.6 Å². The molecule has 5 heteroatoms. The van der Waals surface area contributed by atoms with Crippen molar-refractivity contribution in [2.45, 2.75) is 110 Å². The summed E-state index contributed by atoms with van der Waals surface area (Å²) >= 11 is 0. The van der Waals surface area contributed by atoms with Gasteiger partial charge in [0.1, 0.15) is 5.75 Å². The van der Waals surface area contributed by atoms with Gasteiger partial charge in [0.05, 0.1) is 0 Å². The predicted octanol–water partition coefficient (Wildman–Crippen LogP) is 6.77. The average Bonchev–Trinajstić information content (AvgIpc) is 2.60. The summed E-state index contributed by atoms with van der Waals surface area (Å²) in [7, 11) is -2.89. The van der Waals surface area contributed by atoms with Crippen LogP contribution in [0, 0.1) is 0 Å². The van der Waals surface area contributed by atoms with Crippen molar-refractivity contribution in [3.63, 3.8) is 0 Å². The molecule has 0 aliphatic rings. The van der Waals surface area contributed by atoms with Crippen LogP contribution in [-0.2, 0) is 9.59 Å². The van der Waals surface area contributed by atoms with E-state index in [0.29, 0.717) is 6.42 Å². The number of unbranched alkanes of at least 4 members (excludes halogenated alkanes) is 15. The second kappa shape index (κ2) is 18.0. The molecule has 2 N–H and O–H groups in total. The summed E-state index contributed by atoms with van der Waals surface area (Å²) in [5, 5.41) is 0. The molecule has 0 bridgehead atoms. The molecule has 0 aromatic heterocycles. The van der Waals surface area contributed by atoms with Crippen molar-refractivity contribution in [1.29, 1.82) is 0 Å². The third-order valence-corrected chi connectivity index (χ3v) is 6.52. The first-order valence-electron chi connectivity index (χ1n) is 10.7. The van der Waals surface area contributed by atoms with Crippen LogP contribution in [0.15, 0.2) is 0 Å². The SMILES string of the molecule is CCCCCCCCCCCCCCCCCCS(O)(O)CC(=O)C=O. The van der Waals surface area contributed by atoms with E-state index in [2.05, 4.69) is 6.92 Å². The zero-order chi connectivity index (χ0) is 19.5. The molecule has 0 saturated heterocycles. The summed E-state index contributed by atoms with van der Waals surface area (Å²) < 4.78 is 19.4. The van der Waals surface area contributed by atoms with Crippen LogP contribution in [0.5, 0.6) is 0 Å². The van der Waals surface area contributed by atoms with Crippen LogP contribution in [0.4, 0.5) is 0 Å². The van der Waals surface area contributed by atoms with Crippen LogP contribution in [0.1, 0.15) is 110 Å². The van der Waals surface area contributed by atoms with Crippen molar-refractivity contribution in [2.75, 3.05) is 11.5 Å².